The fourth-order valence-electron chi connectivity index (χ4n) is 4.47. The molecule has 4 rings (SSSR count). The van der Waals surface area contributed by atoms with Crippen LogP contribution in [0.5, 0.6) is 0 Å². The molecule has 1 aliphatic rings. The molecule has 0 unspecified atom stereocenters. The monoisotopic (exact) mass is 312 g/mol. The molecule has 0 spiro atoms. The van der Waals surface area contributed by atoms with Crippen molar-refractivity contribution in [1.82, 2.24) is 0 Å². The molecule has 0 bridgehead atoms. The summed E-state index contributed by atoms with van der Waals surface area (Å²) in [7, 11) is 0. The van der Waals surface area contributed by atoms with Crippen LogP contribution in [0.4, 0.5) is 0 Å². The van der Waals surface area contributed by atoms with Gasteiger partial charge in [-0.05, 0) is 34.6 Å². The van der Waals surface area contributed by atoms with E-state index in [0.717, 1.165) is 0 Å². The van der Waals surface area contributed by atoms with E-state index in [2.05, 4.69) is 98.8 Å². The van der Waals surface area contributed by atoms with Gasteiger partial charge in [0, 0.05) is 11.3 Å². The van der Waals surface area contributed by atoms with E-state index < -0.39 is 0 Å². The van der Waals surface area contributed by atoms with Gasteiger partial charge in [-0.3, -0.25) is 0 Å². The van der Waals surface area contributed by atoms with Crippen molar-refractivity contribution >= 4 is 0 Å². The van der Waals surface area contributed by atoms with Crippen molar-refractivity contribution in [3.05, 3.63) is 107 Å². The first-order valence-corrected chi connectivity index (χ1v) is 8.89. The summed E-state index contributed by atoms with van der Waals surface area (Å²) in [4.78, 5) is 0. The zero-order valence-corrected chi connectivity index (χ0v) is 14.4. The van der Waals surface area contributed by atoms with Crippen molar-refractivity contribution in [2.24, 2.45) is 0 Å². The van der Waals surface area contributed by atoms with Gasteiger partial charge in [0.15, 0.2) is 0 Å². The summed E-state index contributed by atoms with van der Waals surface area (Å²) < 4.78 is 0. The predicted octanol–water partition coefficient (Wildman–Crippen LogP) is 6.28. The summed E-state index contributed by atoms with van der Waals surface area (Å²) in [6.07, 6.45) is 1.17. The highest BCUT2D eigenvalue weighted by atomic mass is 14.5. The fraction of sp³-hybridized carbons (Fsp3) is 0.250. The molecule has 0 N–H and O–H groups in total. The second-order valence-corrected chi connectivity index (χ2v) is 7.30. The average molecular weight is 312 g/mol. The van der Waals surface area contributed by atoms with E-state index in [4.69, 9.17) is 0 Å². The van der Waals surface area contributed by atoms with Crippen LogP contribution in [0.15, 0.2) is 84.9 Å². The molecule has 0 nitrogen and oxygen atoms in total. The average Bonchev–Trinajstić information content (AvgIpc) is 2.97. The molecule has 0 aliphatic heterocycles. The van der Waals surface area contributed by atoms with E-state index in [-0.39, 0.29) is 5.41 Å². The Morgan fingerprint density at radius 3 is 2.08 bits per heavy atom. The third-order valence-electron chi connectivity index (χ3n) is 6.04. The van der Waals surface area contributed by atoms with E-state index in [1.807, 2.05) is 0 Å². The molecular formula is C24H24. The van der Waals surface area contributed by atoms with Crippen LogP contribution in [0.2, 0.25) is 0 Å². The van der Waals surface area contributed by atoms with E-state index >= 15 is 0 Å². The molecule has 0 heteroatoms. The minimum atomic E-state index is 0.165. The summed E-state index contributed by atoms with van der Waals surface area (Å²) in [6.45, 7) is 4.84. The van der Waals surface area contributed by atoms with Crippen molar-refractivity contribution in [2.45, 2.75) is 37.5 Å². The topological polar surface area (TPSA) is 0 Å². The van der Waals surface area contributed by atoms with E-state index in [1.54, 1.807) is 0 Å². The van der Waals surface area contributed by atoms with Crippen LogP contribution in [0.25, 0.3) is 0 Å². The zero-order valence-electron chi connectivity index (χ0n) is 14.4. The Kier molecular flexibility index (Phi) is 3.76. The van der Waals surface area contributed by atoms with Crippen LogP contribution < -0.4 is 0 Å². The molecule has 0 aromatic heterocycles. The summed E-state index contributed by atoms with van der Waals surface area (Å²) >= 11 is 0. The summed E-state index contributed by atoms with van der Waals surface area (Å²) in [5.41, 5.74) is 6.07. The van der Waals surface area contributed by atoms with Crippen LogP contribution >= 0.6 is 0 Å². The van der Waals surface area contributed by atoms with E-state index in [9.17, 15) is 0 Å². The molecule has 3 aromatic rings. The third-order valence-corrected chi connectivity index (χ3v) is 6.04. The van der Waals surface area contributed by atoms with Gasteiger partial charge in [-0.15, -0.1) is 0 Å². The first-order chi connectivity index (χ1) is 11.7. The molecule has 0 saturated heterocycles. The van der Waals surface area contributed by atoms with E-state index in [1.165, 1.54) is 28.7 Å². The van der Waals surface area contributed by atoms with Gasteiger partial charge in [0.05, 0.1) is 0 Å². The van der Waals surface area contributed by atoms with Gasteiger partial charge >= 0.3 is 0 Å². The Morgan fingerprint density at radius 2 is 1.38 bits per heavy atom. The Balaban J connectivity index is 1.81. The van der Waals surface area contributed by atoms with Crippen molar-refractivity contribution in [3.8, 4) is 0 Å². The molecule has 0 heterocycles. The van der Waals surface area contributed by atoms with Gasteiger partial charge in [-0.1, -0.05) is 98.8 Å². The second-order valence-electron chi connectivity index (χ2n) is 7.30. The number of rotatable bonds is 3. The highest BCUT2D eigenvalue weighted by Crippen LogP contribution is 2.54. The SMILES string of the molecule is C[C@@H](c1ccccc1)[C@]1(C)C[C@H](c2ccccc2)c2ccccc21. The standard InChI is InChI=1S/C24H24/c1-18(19-11-5-3-6-12-19)24(2)17-22(20-13-7-4-8-14-20)21-15-9-10-16-23(21)24/h3-16,18,22H,17H2,1-2H3/t18-,22+,24-/m0/s1. The molecule has 0 radical (unpaired) electrons. The molecule has 1 aliphatic carbocycles. The van der Waals surface area contributed by atoms with Gasteiger partial charge in [0.1, 0.15) is 0 Å². The van der Waals surface area contributed by atoms with Gasteiger partial charge in [-0.25, -0.2) is 0 Å². The van der Waals surface area contributed by atoms with Crippen LogP contribution in [0, 0.1) is 0 Å². The summed E-state index contributed by atoms with van der Waals surface area (Å²) in [5.74, 6) is 0.993. The van der Waals surface area contributed by atoms with Crippen LogP contribution in [0.3, 0.4) is 0 Å². The smallest absolute Gasteiger partial charge is 0.0101 e. The van der Waals surface area contributed by atoms with Gasteiger partial charge < -0.3 is 0 Å². The van der Waals surface area contributed by atoms with Gasteiger partial charge in [-0.2, -0.15) is 0 Å². The lowest BCUT2D eigenvalue weighted by molar-refractivity contribution is 0.382. The van der Waals surface area contributed by atoms with Crippen LogP contribution in [-0.2, 0) is 5.41 Å². The number of benzene rings is 3. The van der Waals surface area contributed by atoms with Gasteiger partial charge in [0.2, 0.25) is 0 Å². The molecule has 3 aromatic carbocycles. The highest BCUT2D eigenvalue weighted by Gasteiger charge is 2.44. The number of fused-ring (bicyclic) bond motifs is 1. The molecule has 0 saturated carbocycles. The van der Waals surface area contributed by atoms with Crippen molar-refractivity contribution in [3.63, 3.8) is 0 Å². The van der Waals surface area contributed by atoms with Crippen molar-refractivity contribution in [1.29, 1.82) is 0 Å². The number of hydrogen-bond donors (Lipinski definition) is 0. The summed E-state index contributed by atoms with van der Waals surface area (Å²) in [5, 5.41) is 0. The molecular weight excluding hydrogens is 288 g/mol. The molecule has 0 amide bonds. The highest BCUT2D eigenvalue weighted by molar-refractivity contribution is 5.49. The molecule has 0 fully saturated rings. The molecule has 24 heavy (non-hydrogen) atoms. The second kappa shape index (κ2) is 5.94. The maximum absolute atomic E-state index is 2.45. The first-order valence-electron chi connectivity index (χ1n) is 8.89. The van der Waals surface area contributed by atoms with Crippen molar-refractivity contribution in [2.75, 3.05) is 0 Å². The quantitative estimate of drug-likeness (QED) is 0.533. The van der Waals surface area contributed by atoms with Crippen LogP contribution in [-0.4, -0.2) is 0 Å². The minimum Gasteiger partial charge on any atom is -0.0622 e. The Bertz CT molecular complexity index is 819. The van der Waals surface area contributed by atoms with Gasteiger partial charge in [0.25, 0.3) is 0 Å². The third kappa shape index (κ3) is 2.38. The Labute approximate surface area is 145 Å². The minimum absolute atomic E-state index is 0.165. The lowest BCUT2D eigenvalue weighted by Gasteiger charge is -2.33. The molecule has 120 valence electrons. The number of hydrogen-bond acceptors (Lipinski definition) is 0. The largest absolute Gasteiger partial charge is 0.0622 e. The fourth-order valence-corrected chi connectivity index (χ4v) is 4.47. The summed E-state index contributed by atoms with van der Waals surface area (Å²) in [6, 6.07) is 31.0. The van der Waals surface area contributed by atoms with Crippen LogP contribution in [0.1, 0.15) is 54.4 Å². The lowest BCUT2D eigenvalue weighted by atomic mass is 9.70. The zero-order chi connectivity index (χ0) is 16.6. The van der Waals surface area contributed by atoms with Crippen molar-refractivity contribution < 1.29 is 0 Å². The maximum Gasteiger partial charge on any atom is 0.0101 e. The Hall–Kier alpha value is -2.34. The Morgan fingerprint density at radius 1 is 0.792 bits per heavy atom. The lowest BCUT2D eigenvalue weighted by Crippen LogP contribution is -2.26. The molecule has 3 atom stereocenters. The van der Waals surface area contributed by atoms with E-state index in [0.29, 0.717) is 11.8 Å². The maximum atomic E-state index is 2.45. The first kappa shape index (κ1) is 15.2. The predicted molar refractivity (Wildman–Crippen MR) is 102 cm³/mol. The normalized spacial score (nSPS) is 23.7.